The summed E-state index contributed by atoms with van der Waals surface area (Å²) >= 11 is 0. The predicted octanol–water partition coefficient (Wildman–Crippen LogP) is 3.54. The van der Waals surface area contributed by atoms with E-state index in [9.17, 15) is 4.39 Å². The standard InChI is InChI=1S/C15H17FN2O/c1-3-17-15-12(5-4-8-18-15)10-19-13-6-7-14(16)11(2)9-13/h4-9H,3,10H2,1-2H3,(H,17,18). The summed E-state index contributed by atoms with van der Waals surface area (Å²) in [7, 11) is 0. The molecule has 4 heteroatoms. The highest BCUT2D eigenvalue weighted by molar-refractivity contribution is 5.43. The quantitative estimate of drug-likeness (QED) is 0.892. The van der Waals surface area contributed by atoms with Gasteiger partial charge in [0.05, 0.1) is 0 Å². The molecule has 0 unspecified atom stereocenters. The molecular formula is C15H17FN2O. The molecule has 0 radical (unpaired) electrons. The molecule has 0 amide bonds. The first-order valence-electron chi connectivity index (χ1n) is 6.27. The Kier molecular flexibility index (Phi) is 4.34. The fourth-order valence-corrected chi connectivity index (χ4v) is 1.75. The molecule has 0 saturated heterocycles. The highest BCUT2D eigenvalue weighted by Crippen LogP contribution is 2.19. The van der Waals surface area contributed by atoms with Crippen LogP contribution in [0, 0.1) is 12.7 Å². The van der Waals surface area contributed by atoms with Gasteiger partial charge < -0.3 is 10.1 Å². The van der Waals surface area contributed by atoms with E-state index >= 15 is 0 Å². The summed E-state index contributed by atoms with van der Waals surface area (Å²) in [4.78, 5) is 4.26. The minimum atomic E-state index is -0.220. The first-order chi connectivity index (χ1) is 9.20. The van der Waals surface area contributed by atoms with Gasteiger partial charge in [0.25, 0.3) is 0 Å². The highest BCUT2D eigenvalue weighted by atomic mass is 19.1. The number of halogens is 1. The number of nitrogens with zero attached hydrogens (tertiary/aromatic N) is 1. The van der Waals surface area contributed by atoms with Gasteiger partial charge in [0, 0.05) is 18.3 Å². The third-order valence-electron chi connectivity index (χ3n) is 2.76. The van der Waals surface area contributed by atoms with Crippen LogP contribution in [-0.4, -0.2) is 11.5 Å². The van der Waals surface area contributed by atoms with Crippen molar-refractivity contribution in [3.05, 3.63) is 53.5 Å². The van der Waals surface area contributed by atoms with Crippen molar-refractivity contribution in [2.24, 2.45) is 0 Å². The summed E-state index contributed by atoms with van der Waals surface area (Å²) in [5.74, 6) is 1.26. The number of hydrogen-bond donors (Lipinski definition) is 1. The van der Waals surface area contributed by atoms with Crippen molar-refractivity contribution >= 4 is 5.82 Å². The SMILES string of the molecule is CCNc1ncccc1COc1ccc(F)c(C)c1. The molecule has 1 N–H and O–H groups in total. The minimum absolute atomic E-state index is 0.220. The van der Waals surface area contributed by atoms with Gasteiger partial charge in [0.15, 0.2) is 0 Å². The molecule has 3 nitrogen and oxygen atoms in total. The highest BCUT2D eigenvalue weighted by Gasteiger charge is 2.04. The summed E-state index contributed by atoms with van der Waals surface area (Å²) in [6.45, 7) is 4.94. The van der Waals surface area contributed by atoms with Crippen molar-refractivity contribution in [3.8, 4) is 5.75 Å². The van der Waals surface area contributed by atoms with Crippen LogP contribution in [-0.2, 0) is 6.61 Å². The molecular weight excluding hydrogens is 243 g/mol. The number of anilines is 1. The van der Waals surface area contributed by atoms with Gasteiger partial charge in [0.2, 0.25) is 0 Å². The zero-order valence-electron chi connectivity index (χ0n) is 11.1. The molecule has 0 fully saturated rings. The van der Waals surface area contributed by atoms with Crippen molar-refractivity contribution < 1.29 is 9.13 Å². The average Bonchev–Trinajstić information content (AvgIpc) is 2.42. The van der Waals surface area contributed by atoms with Crippen molar-refractivity contribution in [2.75, 3.05) is 11.9 Å². The van der Waals surface area contributed by atoms with Gasteiger partial charge >= 0.3 is 0 Å². The van der Waals surface area contributed by atoms with Crippen molar-refractivity contribution in [1.82, 2.24) is 4.98 Å². The second kappa shape index (κ2) is 6.18. The van der Waals surface area contributed by atoms with Gasteiger partial charge in [-0.2, -0.15) is 0 Å². The Balaban J connectivity index is 2.07. The van der Waals surface area contributed by atoms with E-state index in [4.69, 9.17) is 4.74 Å². The molecule has 0 spiro atoms. The molecule has 0 aliphatic heterocycles. The number of benzene rings is 1. The lowest BCUT2D eigenvalue weighted by Crippen LogP contribution is -2.05. The van der Waals surface area contributed by atoms with E-state index in [1.807, 2.05) is 19.1 Å². The number of ether oxygens (including phenoxy) is 1. The second-order valence-corrected chi connectivity index (χ2v) is 4.24. The zero-order chi connectivity index (χ0) is 13.7. The maximum atomic E-state index is 13.2. The molecule has 2 aromatic rings. The molecule has 0 aliphatic carbocycles. The van der Waals surface area contributed by atoms with Gasteiger partial charge in [-0.05, 0) is 43.7 Å². The van der Waals surface area contributed by atoms with E-state index in [0.29, 0.717) is 17.9 Å². The van der Waals surface area contributed by atoms with E-state index in [1.165, 1.54) is 6.07 Å². The number of aromatic nitrogens is 1. The molecule has 0 aliphatic rings. The van der Waals surface area contributed by atoms with Crippen LogP contribution >= 0.6 is 0 Å². The first kappa shape index (κ1) is 13.3. The zero-order valence-corrected chi connectivity index (χ0v) is 11.1. The average molecular weight is 260 g/mol. The normalized spacial score (nSPS) is 10.3. The van der Waals surface area contributed by atoms with E-state index in [2.05, 4.69) is 10.3 Å². The van der Waals surface area contributed by atoms with Crippen LogP contribution in [0.1, 0.15) is 18.1 Å². The summed E-state index contributed by atoms with van der Waals surface area (Å²) in [6, 6.07) is 8.57. The third-order valence-corrected chi connectivity index (χ3v) is 2.76. The number of pyridine rings is 1. The van der Waals surface area contributed by atoms with Gasteiger partial charge in [0.1, 0.15) is 24.0 Å². The maximum absolute atomic E-state index is 13.2. The van der Waals surface area contributed by atoms with Gasteiger partial charge in [-0.3, -0.25) is 0 Å². The lowest BCUT2D eigenvalue weighted by Gasteiger charge is -2.11. The van der Waals surface area contributed by atoms with E-state index in [-0.39, 0.29) is 5.82 Å². The number of hydrogen-bond acceptors (Lipinski definition) is 3. The van der Waals surface area contributed by atoms with Crippen molar-refractivity contribution in [1.29, 1.82) is 0 Å². The predicted molar refractivity (Wildman–Crippen MR) is 73.9 cm³/mol. The lowest BCUT2D eigenvalue weighted by atomic mass is 10.2. The fourth-order valence-electron chi connectivity index (χ4n) is 1.75. The van der Waals surface area contributed by atoms with Crippen LogP contribution in [0.3, 0.4) is 0 Å². The van der Waals surface area contributed by atoms with Crippen LogP contribution in [0.2, 0.25) is 0 Å². The molecule has 0 atom stereocenters. The van der Waals surface area contributed by atoms with Crippen LogP contribution in [0.4, 0.5) is 10.2 Å². The third kappa shape index (κ3) is 3.44. The van der Waals surface area contributed by atoms with Gasteiger partial charge in [-0.15, -0.1) is 0 Å². The van der Waals surface area contributed by atoms with E-state index in [0.717, 1.165) is 17.9 Å². The van der Waals surface area contributed by atoms with Gasteiger partial charge in [-0.1, -0.05) is 6.07 Å². The minimum Gasteiger partial charge on any atom is -0.489 e. The summed E-state index contributed by atoms with van der Waals surface area (Å²) in [5, 5.41) is 3.18. The molecule has 1 aromatic heterocycles. The largest absolute Gasteiger partial charge is 0.489 e. The summed E-state index contributed by atoms with van der Waals surface area (Å²) in [6.07, 6.45) is 1.74. The first-order valence-corrected chi connectivity index (χ1v) is 6.27. The Morgan fingerprint density at radius 2 is 2.16 bits per heavy atom. The fraction of sp³-hybridized carbons (Fsp3) is 0.267. The second-order valence-electron chi connectivity index (χ2n) is 4.24. The Morgan fingerprint density at radius 1 is 1.32 bits per heavy atom. The Labute approximate surface area is 112 Å². The molecule has 0 saturated carbocycles. The summed E-state index contributed by atoms with van der Waals surface area (Å²) in [5.41, 5.74) is 1.56. The van der Waals surface area contributed by atoms with E-state index in [1.54, 1.807) is 25.3 Å². The lowest BCUT2D eigenvalue weighted by molar-refractivity contribution is 0.305. The Bertz CT molecular complexity index is 558. The van der Waals surface area contributed by atoms with Crippen LogP contribution in [0.15, 0.2) is 36.5 Å². The smallest absolute Gasteiger partial charge is 0.132 e. The van der Waals surface area contributed by atoms with E-state index < -0.39 is 0 Å². The van der Waals surface area contributed by atoms with Crippen molar-refractivity contribution in [2.45, 2.75) is 20.5 Å². The van der Waals surface area contributed by atoms with Crippen LogP contribution in [0.25, 0.3) is 0 Å². The molecule has 1 aromatic carbocycles. The van der Waals surface area contributed by atoms with Gasteiger partial charge in [-0.25, -0.2) is 9.37 Å². The Morgan fingerprint density at radius 3 is 2.89 bits per heavy atom. The maximum Gasteiger partial charge on any atom is 0.132 e. The molecule has 2 rings (SSSR count). The van der Waals surface area contributed by atoms with Crippen molar-refractivity contribution in [3.63, 3.8) is 0 Å². The monoisotopic (exact) mass is 260 g/mol. The summed E-state index contributed by atoms with van der Waals surface area (Å²) < 4.78 is 18.8. The van der Waals surface area contributed by atoms with Crippen LogP contribution in [0.5, 0.6) is 5.75 Å². The number of nitrogens with one attached hydrogen (secondary N) is 1. The molecule has 0 bridgehead atoms. The topological polar surface area (TPSA) is 34.2 Å². The molecule has 100 valence electrons. The number of aryl methyl sites for hydroxylation is 1. The number of rotatable bonds is 5. The Hall–Kier alpha value is -2.10. The van der Waals surface area contributed by atoms with Crippen LogP contribution < -0.4 is 10.1 Å². The molecule has 1 heterocycles. The molecule has 19 heavy (non-hydrogen) atoms.